The Labute approximate surface area is 122 Å². The topological polar surface area (TPSA) is 27.6 Å². The molecule has 1 aliphatic carbocycles. The molecular formula is C15H29N3S. The van der Waals surface area contributed by atoms with E-state index in [0.717, 1.165) is 13.1 Å². The zero-order chi connectivity index (χ0) is 13.7. The van der Waals surface area contributed by atoms with Crippen LogP contribution in [-0.4, -0.2) is 49.0 Å². The lowest BCUT2D eigenvalue weighted by Crippen LogP contribution is -2.40. The van der Waals surface area contributed by atoms with Gasteiger partial charge in [-0.2, -0.15) is 0 Å². The van der Waals surface area contributed by atoms with Gasteiger partial charge in [-0.1, -0.05) is 31.0 Å². The summed E-state index contributed by atoms with van der Waals surface area (Å²) in [7, 11) is 4.26. The van der Waals surface area contributed by atoms with Crippen molar-refractivity contribution < 1.29 is 0 Å². The fourth-order valence-corrected chi connectivity index (χ4v) is 4.24. The van der Waals surface area contributed by atoms with E-state index < -0.39 is 0 Å². The van der Waals surface area contributed by atoms with Gasteiger partial charge in [0.15, 0.2) is 5.17 Å². The van der Waals surface area contributed by atoms with Crippen LogP contribution in [0.4, 0.5) is 0 Å². The van der Waals surface area contributed by atoms with Crippen LogP contribution in [-0.2, 0) is 0 Å². The van der Waals surface area contributed by atoms with Crippen molar-refractivity contribution in [2.45, 2.75) is 51.5 Å². The average molecular weight is 283 g/mol. The molecule has 1 spiro atoms. The highest BCUT2D eigenvalue weighted by Crippen LogP contribution is 2.41. The Morgan fingerprint density at radius 2 is 2.05 bits per heavy atom. The van der Waals surface area contributed by atoms with Crippen LogP contribution < -0.4 is 5.32 Å². The SMILES string of the molecule is CC(CCN(C)C)NC1=NCC2(CCCCC2)CS1. The van der Waals surface area contributed by atoms with Gasteiger partial charge < -0.3 is 10.2 Å². The van der Waals surface area contributed by atoms with Crippen LogP contribution in [0.5, 0.6) is 0 Å². The summed E-state index contributed by atoms with van der Waals surface area (Å²) in [4.78, 5) is 7.07. The lowest BCUT2D eigenvalue weighted by Gasteiger charge is -2.38. The molecule has 2 rings (SSSR count). The van der Waals surface area contributed by atoms with Crippen molar-refractivity contribution in [1.82, 2.24) is 10.2 Å². The number of amidine groups is 1. The maximum atomic E-state index is 4.83. The molecule has 1 fully saturated rings. The molecule has 2 aliphatic rings. The third kappa shape index (κ3) is 4.67. The largest absolute Gasteiger partial charge is 0.362 e. The zero-order valence-corrected chi connectivity index (χ0v) is 13.6. The molecule has 1 atom stereocenters. The molecule has 1 saturated carbocycles. The highest BCUT2D eigenvalue weighted by Gasteiger charge is 2.34. The Morgan fingerprint density at radius 1 is 1.32 bits per heavy atom. The fraction of sp³-hybridized carbons (Fsp3) is 0.933. The van der Waals surface area contributed by atoms with E-state index in [-0.39, 0.29) is 0 Å². The second-order valence-electron chi connectivity index (χ2n) is 6.61. The molecule has 0 bridgehead atoms. The maximum Gasteiger partial charge on any atom is 0.156 e. The summed E-state index contributed by atoms with van der Waals surface area (Å²) in [6, 6.07) is 0.522. The Bertz CT molecular complexity index is 309. The fourth-order valence-electron chi connectivity index (χ4n) is 2.98. The summed E-state index contributed by atoms with van der Waals surface area (Å²) in [5, 5.41) is 4.77. The average Bonchev–Trinajstić information content (AvgIpc) is 2.40. The van der Waals surface area contributed by atoms with E-state index in [1.54, 1.807) is 0 Å². The number of nitrogens with zero attached hydrogens (tertiary/aromatic N) is 2. The van der Waals surface area contributed by atoms with Gasteiger partial charge in [-0.15, -0.1) is 0 Å². The number of hydrogen-bond acceptors (Lipinski definition) is 4. The van der Waals surface area contributed by atoms with E-state index in [2.05, 4.69) is 31.2 Å². The van der Waals surface area contributed by atoms with Crippen LogP contribution in [0.3, 0.4) is 0 Å². The molecule has 0 aromatic heterocycles. The zero-order valence-electron chi connectivity index (χ0n) is 12.7. The first kappa shape index (κ1) is 15.2. The Morgan fingerprint density at radius 3 is 2.63 bits per heavy atom. The molecule has 3 nitrogen and oxygen atoms in total. The number of hydrogen-bond donors (Lipinski definition) is 1. The minimum Gasteiger partial charge on any atom is -0.362 e. The smallest absolute Gasteiger partial charge is 0.156 e. The first-order valence-corrected chi connectivity index (χ1v) is 8.67. The van der Waals surface area contributed by atoms with Crippen molar-refractivity contribution in [2.24, 2.45) is 10.4 Å². The van der Waals surface area contributed by atoms with Crippen molar-refractivity contribution >= 4 is 16.9 Å². The minimum atomic E-state index is 0.522. The first-order valence-electron chi connectivity index (χ1n) is 7.68. The molecule has 0 radical (unpaired) electrons. The highest BCUT2D eigenvalue weighted by atomic mass is 32.2. The van der Waals surface area contributed by atoms with Crippen molar-refractivity contribution in [1.29, 1.82) is 0 Å². The number of thioether (sulfide) groups is 1. The number of aliphatic imine (C=N–C) groups is 1. The normalized spacial score (nSPS) is 24.3. The molecule has 0 saturated heterocycles. The monoisotopic (exact) mass is 283 g/mol. The summed E-state index contributed by atoms with van der Waals surface area (Å²) in [6.07, 6.45) is 8.23. The lowest BCUT2D eigenvalue weighted by atomic mass is 9.75. The summed E-state index contributed by atoms with van der Waals surface area (Å²) in [5.41, 5.74) is 0.543. The Balaban J connectivity index is 1.77. The molecule has 1 N–H and O–H groups in total. The maximum absolute atomic E-state index is 4.83. The van der Waals surface area contributed by atoms with Crippen molar-refractivity contribution in [3.05, 3.63) is 0 Å². The van der Waals surface area contributed by atoms with Gasteiger partial charge in [-0.25, -0.2) is 0 Å². The van der Waals surface area contributed by atoms with E-state index in [4.69, 9.17) is 4.99 Å². The van der Waals surface area contributed by atoms with Gasteiger partial charge in [-0.3, -0.25) is 4.99 Å². The van der Waals surface area contributed by atoms with E-state index in [1.165, 1.54) is 49.4 Å². The number of rotatable bonds is 4. The van der Waals surface area contributed by atoms with Gasteiger partial charge in [0, 0.05) is 18.3 Å². The third-order valence-corrected chi connectivity index (χ3v) is 5.64. The van der Waals surface area contributed by atoms with Crippen LogP contribution in [0.15, 0.2) is 4.99 Å². The summed E-state index contributed by atoms with van der Waals surface area (Å²) in [6.45, 7) is 4.45. The van der Waals surface area contributed by atoms with Crippen molar-refractivity contribution in [3.8, 4) is 0 Å². The minimum absolute atomic E-state index is 0.522. The Kier molecular flexibility index (Phi) is 5.58. The van der Waals surface area contributed by atoms with Gasteiger partial charge in [0.25, 0.3) is 0 Å². The molecule has 110 valence electrons. The predicted octanol–water partition coefficient (Wildman–Crippen LogP) is 2.97. The van der Waals surface area contributed by atoms with Crippen LogP contribution >= 0.6 is 11.8 Å². The van der Waals surface area contributed by atoms with E-state index in [1.807, 2.05) is 11.8 Å². The first-order chi connectivity index (χ1) is 9.10. The van der Waals surface area contributed by atoms with E-state index >= 15 is 0 Å². The predicted molar refractivity (Wildman–Crippen MR) is 86.0 cm³/mol. The molecule has 0 amide bonds. The van der Waals surface area contributed by atoms with Crippen LogP contribution in [0.25, 0.3) is 0 Å². The second-order valence-corrected chi connectivity index (χ2v) is 7.57. The molecule has 1 aliphatic heterocycles. The molecule has 1 heterocycles. The van der Waals surface area contributed by atoms with Gasteiger partial charge >= 0.3 is 0 Å². The molecule has 4 heteroatoms. The van der Waals surface area contributed by atoms with Gasteiger partial charge in [0.05, 0.1) is 0 Å². The van der Waals surface area contributed by atoms with Gasteiger partial charge in [-0.05, 0) is 52.2 Å². The van der Waals surface area contributed by atoms with Gasteiger partial charge in [0.2, 0.25) is 0 Å². The molecule has 19 heavy (non-hydrogen) atoms. The van der Waals surface area contributed by atoms with Crippen LogP contribution in [0.1, 0.15) is 45.4 Å². The van der Waals surface area contributed by atoms with Crippen LogP contribution in [0.2, 0.25) is 0 Å². The van der Waals surface area contributed by atoms with Crippen LogP contribution in [0, 0.1) is 5.41 Å². The standard InChI is InChI=1S/C15H29N3S/c1-13(7-10-18(2)3)17-14-16-11-15(12-19-14)8-5-4-6-9-15/h13H,4-12H2,1-3H3,(H,16,17). The van der Waals surface area contributed by atoms with Gasteiger partial charge in [0.1, 0.15) is 0 Å². The summed E-state index contributed by atoms with van der Waals surface area (Å²) in [5.74, 6) is 1.28. The molecule has 0 aromatic rings. The lowest BCUT2D eigenvalue weighted by molar-refractivity contribution is 0.232. The van der Waals surface area contributed by atoms with Crippen molar-refractivity contribution in [2.75, 3.05) is 32.9 Å². The molecule has 0 aromatic carbocycles. The molecular weight excluding hydrogens is 254 g/mol. The summed E-state index contributed by atoms with van der Waals surface area (Å²) < 4.78 is 0. The second kappa shape index (κ2) is 6.98. The number of nitrogens with one attached hydrogen (secondary N) is 1. The Hall–Kier alpha value is -0.220. The highest BCUT2D eigenvalue weighted by molar-refractivity contribution is 8.13. The molecule has 1 unspecified atom stereocenters. The van der Waals surface area contributed by atoms with E-state index in [0.29, 0.717) is 11.5 Å². The van der Waals surface area contributed by atoms with E-state index in [9.17, 15) is 0 Å². The quantitative estimate of drug-likeness (QED) is 0.859. The van der Waals surface area contributed by atoms with Crippen molar-refractivity contribution in [3.63, 3.8) is 0 Å². The third-order valence-electron chi connectivity index (χ3n) is 4.37. The summed E-state index contributed by atoms with van der Waals surface area (Å²) >= 11 is 1.96.